The van der Waals surface area contributed by atoms with E-state index in [4.69, 9.17) is 4.52 Å². The van der Waals surface area contributed by atoms with Gasteiger partial charge in [0, 0.05) is 12.1 Å². The van der Waals surface area contributed by atoms with Gasteiger partial charge >= 0.3 is 0 Å². The molecule has 2 heterocycles. The van der Waals surface area contributed by atoms with Crippen molar-refractivity contribution in [2.75, 3.05) is 6.54 Å². The molecule has 3 rings (SSSR count). The van der Waals surface area contributed by atoms with Crippen LogP contribution in [0.1, 0.15) is 23.9 Å². The number of benzene rings is 1. The van der Waals surface area contributed by atoms with Crippen molar-refractivity contribution in [3.63, 3.8) is 0 Å². The van der Waals surface area contributed by atoms with E-state index in [0.717, 1.165) is 5.56 Å². The normalized spacial score (nSPS) is 22.9. The minimum Gasteiger partial charge on any atom is -0.392 e. The third-order valence-corrected chi connectivity index (χ3v) is 3.15. The maximum Gasteiger partial charge on any atom is 0.244 e. The predicted molar refractivity (Wildman–Crippen MR) is 65.8 cm³/mol. The summed E-state index contributed by atoms with van der Waals surface area (Å²) in [6.45, 7) is 2.32. The molecule has 5 nitrogen and oxygen atoms in total. The van der Waals surface area contributed by atoms with Crippen molar-refractivity contribution in [3.05, 3.63) is 35.5 Å². The lowest BCUT2D eigenvalue weighted by Crippen LogP contribution is -2.15. The van der Waals surface area contributed by atoms with Gasteiger partial charge in [0.05, 0.1) is 12.1 Å². The fraction of sp³-hybridized carbons (Fsp3) is 0.385. The minimum absolute atomic E-state index is 0.133. The molecule has 6 heteroatoms. The zero-order valence-electron chi connectivity index (χ0n) is 10.4. The summed E-state index contributed by atoms with van der Waals surface area (Å²) in [7, 11) is 0. The van der Waals surface area contributed by atoms with Crippen molar-refractivity contribution in [3.8, 4) is 11.4 Å². The molecule has 0 bridgehead atoms. The Balaban J connectivity index is 1.88. The molecule has 1 aromatic carbocycles. The lowest BCUT2D eigenvalue weighted by Gasteiger charge is -2.01. The summed E-state index contributed by atoms with van der Waals surface area (Å²) in [5.41, 5.74) is 1.39. The first-order valence-electron chi connectivity index (χ1n) is 6.14. The van der Waals surface area contributed by atoms with E-state index in [1.54, 1.807) is 6.07 Å². The van der Waals surface area contributed by atoms with Crippen LogP contribution in [0.15, 0.2) is 22.7 Å². The number of nitrogens with one attached hydrogen (secondary N) is 1. The third-order valence-electron chi connectivity index (χ3n) is 3.15. The molecule has 1 saturated heterocycles. The third kappa shape index (κ3) is 2.50. The van der Waals surface area contributed by atoms with E-state index in [2.05, 4.69) is 15.5 Å². The van der Waals surface area contributed by atoms with Crippen molar-refractivity contribution < 1.29 is 14.0 Å². The number of nitrogens with zero attached hydrogens (tertiary/aromatic N) is 2. The Morgan fingerprint density at radius 1 is 1.42 bits per heavy atom. The lowest BCUT2D eigenvalue weighted by molar-refractivity contribution is 0.191. The first-order chi connectivity index (χ1) is 9.11. The van der Waals surface area contributed by atoms with Crippen LogP contribution < -0.4 is 5.32 Å². The van der Waals surface area contributed by atoms with Gasteiger partial charge in [0.2, 0.25) is 11.7 Å². The highest BCUT2D eigenvalue weighted by atomic mass is 19.1. The Morgan fingerprint density at radius 3 is 2.95 bits per heavy atom. The van der Waals surface area contributed by atoms with Crippen LogP contribution in [0.4, 0.5) is 4.39 Å². The summed E-state index contributed by atoms with van der Waals surface area (Å²) in [6.07, 6.45) is 0.154. The number of rotatable bonds is 2. The van der Waals surface area contributed by atoms with E-state index >= 15 is 0 Å². The average molecular weight is 263 g/mol. The summed E-state index contributed by atoms with van der Waals surface area (Å²) in [5.74, 6) is 0.463. The van der Waals surface area contributed by atoms with Gasteiger partial charge in [0.15, 0.2) is 0 Å². The van der Waals surface area contributed by atoms with E-state index in [1.807, 2.05) is 6.92 Å². The quantitative estimate of drug-likeness (QED) is 0.860. The van der Waals surface area contributed by atoms with Gasteiger partial charge in [0.1, 0.15) is 5.82 Å². The number of β-amino-alcohol motifs (C(OH)–C–C–N with tert-alkyl or cyclic N) is 1. The smallest absolute Gasteiger partial charge is 0.244 e. The maximum absolute atomic E-state index is 13.3. The van der Waals surface area contributed by atoms with E-state index < -0.39 is 6.10 Å². The van der Waals surface area contributed by atoms with Gasteiger partial charge in [0.25, 0.3) is 0 Å². The minimum atomic E-state index is -0.392. The van der Waals surface area contributed by atoms with Crippen molar-refractivity contribution >= 4 is 0 Å². The summed E-state index contributed by atoms with van der Waals surface area (Å²) in [4.78, 5) is 4.26. The van der Waals surface area contributed by atoms with Crippen LogP contribution >= 0.6 is 0 Å². The molecule has 1 aromatic heterocycles. The number of aromatic nitrogens is 2. The van der Waals surface area contributed by atoms with Gasteiger partial charge in [-0.3, -0.25) is 0 Å². The van der Waals surface area contributed by atoms with Gasteiger partial charge in [-0.15, -0.1) is 0 Å². The van der Waals surface area contributed by atoms with Crippen LogP contribution in [0.25, 0.3) is 11.4 Å². The highest BCUT2D eigenvalue weighted by Gasteiger charge is 2.28. The molecule has 19 heavy (non-hydrogen) atoms. The second kappa shape index (κ2) is 4.71. The number of aliphatic hydroxyl groups is 1. The van der Waals surface area contributed by atoms with Crippen LogP contribution in [0.2, 0.25) is 0 Å². The largest absolute Gasteiger partial charge is 0.392 e. The molecular formula is C13H14FN3O2. The Kier molecular flexibility index (Phi) is 3.04. The van der Waals surface area contributed by atoms with Gasteiger partial charge in [-0.1, -0.05) is 5.16 Å². The first-order valence-corrected chi connectivity index (χ1v) is 6.14. The molecule has 0 aliphatic carbocycles. The van der Waals surface area contributed by atoms with Crippen LogP contribution in [0, 0.1) is 12.7 Å². The average Bonchev–Trinajstić information content (AvgIpc) is 2.95. The Morgan fingerprint density at radius 2 is 2.26 bits per heavy atom. The summed E-state index contributed by atoms with van der Waals surface area (Å²) in [6, 6.07) is 4.48. The molecule has 1 fully saturated rings. The van der Waals surface area contributed by atoms with Gasteiger partial charge in [-0.05, 0) is 37.1 Å². The van der Waals surface area contributed by atoms with Crippen LogP contribution in [-0.2, 0) is 0 Å². The zero-order valence-corrected chi connectivity index (χ0v) is 10.4. The molecule has 100 valence electrons. The zero-order chi connectivity index (χ0) is 13.4. The topological polar surface area (TPSA) is 71.2 Å². The Hall–Kier alpha value is -1.79. The van der Waals surface area contributed by atoms with E-state index in [-0.39, 0.29) is 11.9 Å². The maximum atomic E-state index is 13.3. The van der Waals surface area contributed by atoms with E-state index in [9.17, 15) is 9.50 Å². The van der Waals surface area contributed by atoms with Crippen molar-refractivity contribution in [2.45, 2.75) is 25.5 Å². The SMILES string of the molecule is Cc1cc(F)cc(-c2noc([C@@H]3CC(O)CN3)n2)c1. The molecule has 0 amide bonds. The molecular weight excluding hydrogens is 249 g/mol. The monoisotopic (exact) mass is 263 g/mol. The molecule has 2 N–H and O–H groups in total. The molecule has 2 aromatic rings. The highest BCUT2D eigenvalue weighted by Crippen LogP contribution is 2.25. The highest BCUT2D eigenvalue weighted by molar-refractivity contribution is 5.55. The molecule has 0 spiro atoms. The summed E-state index contributed by atoms with van der Waals surface area (Å²) in [5, 5.41) is 16.4. The van der Waals surface area contributed by atoms with Gasteiger partial charge < -0.3 is 14.9 Å². The second-order valence-electron chi connectivity index (χ2n) is 4.82. The number of hydrogen-bond acceptors (Lipinski definition) is 5. The first kappa shape index (κ1) is 12.3. The van der Waals surface area contributed by atoms with Crippen LogP contribution in [0.3, 0.4) is 0 Å². The number of aryl methyl sites for hydroxylation is 1. The fourth-order valence-corrected chi connectivity index (χ4v) is 2.26. The van der Waals surface area contributed by atoms with E-state index in [1.165, 1.54) is 12.1 Å². The molecule has 1 unspecified atom stereocenters. The molecule has 0 saturated carbocycles. The second-order valence-corrected chi connectivity index (χ2v) is 4.82. The fourth-order valence-electron chi connectivity index (χ4n) is 2.26. The van der Waals surface area contributed by atoms with Crippen molar-refractivity contribution in [1.82, 2.24) is 15.5 Å². The van der Waals surface area contributed by atoms with Crippen molar-refractivity contribution in [2.24, 2.45) is 0 Å². The predicted octanol–water partition coefficient (Wildman–Crippen LogP) is 1.58. The van der Waals surface area contributed by atoms with Crippen molar-refractivity contribution in [1.29, 1.82) is 0 Å². The number of aliphatic hydroxyl groups excluding tert-OH is 1. The van der Waals surface area contributed by atoms with E-state index in [0.29, 0.717) is 30.2 Å². The van der Waals surface area contributed by atoms with Gasteiger partial charge in [-0.25, -0.2) is 4.39 Å². The van der Waals surface area contributed by atoms with Crippen LogP contribution in [-0.4, -0.2) is 27.9 Å². The lowest BCUT2D eigenvalue weighted by atomic mass is 10.1. The molecule has 1 aliphatic rings. The molecule has 1 aliphatic heterocycles. The van der Waals surface area contributed by atoms with Gasteiger partial charge in [-0.2, -0.15) is 4.98 Å². The molecule has 2 atom stereocenters. The van der Waals surface area contributed by atoms with Crippen LogP contribution in [0.5, 0.6) is 0 Å². The number of hydrogen-bond donors (Lipinski definition) is 2. The Bertz CT molecular complexity index is 579. The standard InChI is InChI=1S/C13H14FN3O2/c1-7-2-8(4-9(14)3-7)12-16-13(19-17-12)11-5-10(18)6-15-11/h2-4,10-11,15,18H,5-6H2,1H3/t10?,11-/m0/s1. The molecule has 0 radical (unpaired) electrons. The Labute approximate surface area is 109 Å². The number of halogens is 1. The summed E-state index contributed by atoms with van der Waals surface area (Å²) < 4.78 is 18.5. The summed E-state index contributed by atoms with van der Waals surface area (Å²) >= 11 is 0.